The summed E-state index contributed by atoms with van der Waals surface area (Å²) in [4.78, 5) is 32.1. The molecule has 2 aliphatic heterocycles. The molecule has 0 spiro atoms. The van der Waals surface area contributed by atoms with Crippen LogP contribution in [0.3, 0.4) is 0 Å². The molecule has 10 heteroatoms. The molecular formula is C24H25ClFN5O3. The highest BCUT2D eigenvalue weighted by Crippen LogP contribution is 2.33. The lowest BCUT2D eigenvalue weighted by Gasteiger charge is -2.40. The first kappa shape index (κ1) is 22.7. The van der Waals surface area contributed by atoms with Crippen molar-refractivity contribution in [2.75, 3.05) is 26.3 Å². The lowest BCUT2D eigenvalue weighted by molar-refractivity contribution is -0.133. The van der Waals surface area contributed by atoms with E-state index in [1.807, 2.05) is 0 Å². The number of benzene rings is 1. The van der Waals surface area contributed by atoms with Gasteiger partial charge >= 0.3 is 0 Å². The zero-order valence-corrected chi connectivity index (χ0v) is 19.7. The van der Waals surface area contributed by atoms with Crippen molar-refractivity contribution in [2.24, 2.45) is 0 Å². The fourth-order valence-electron chi connectivity index (χ4n) is 4.59. The van der Waals surface area contributed by atoms with E-state index in [4.69, 9.17) is 26.4 Å². The lowest BCUT2D eigenvalue weighted by Crippen LogP contribution is -2.63. The number of amides is 2. The molecule has 1 aromatic carbocycles. The first-order valence-electron chi connectivity index (χ1n) is 11.3. The average molecular weight is 486 g/mol. The number of nitrogens with zero attached hydrogens (tertiary/aromatic N) is 4. The fraction of sp³-hybridized carbons (Fsp3) is 0.417. The predicted molar refractivity (Wildman–Crippen MR) is 125 cm³/mol. The Morgan fingerprint density at radius 2 is 2.00 bits per heavy atom. The standard InChI is InChI=1S/C24H25ClFN5O3/c1-24(2)23(33)27-9-10-30(24)22(32)18-5-6-19-21(28-18)20(14-7-11-34-12-8-14)29-31(19)15-3-4-16(25)17(26)13-15/h3-6,13-14H,7-12H2,1-2H3,(H,27,33). The van der Waals surface area contributed by atoms with Gasteiger partial charge in [-0.1, -0.05) is 11.6 Å². The van der Waals surface area contributed by atoms with Crippen LogP contribution in [0.1, 0.15) is 48.8 Å². The number of rotatable bonds is 3. The van der Waals surface area contributed by atoms with E-state index in [9.17, 15) is 14.0 Å². The zero-order valence-electron chi connectivity index (χ0n) is 19.0. The minimum absolute atomic E-state index is 0.0315. The third-order valence-corrected chi connectivity index (χ3v) is 6.93. The van der Waals surface area contributed by atoms with Crippen LogP contribution in [0.4, 0.5) is 4.39 Å². The second-order valence-corrected chi connectivity index (χ2v) is 9.53. The van der Waals surface area contributed by atoms with E-state index in [1.54, 1.807) is 41.6 Å². The van der Waals surface area contributed by atoms with Crippen LogP contribution in [0.15, 0.2) is 30.3 Å². The first-order valence-corrected chi connectivity index (χ1v) is 11.7. The molecule has 0 saturated carbocycles. The number of fused-ring (bicyclic) bond motifs is 1. The van der Waals surface area contributed by atoms with Gasteiger partial charge in [0.25, 0.3) is 5.91 Å². The van der Waals surface area contributed by atoms with Crippen molar-refractivity contribution < 1.29 is 18.7 Å². The minimum Gasteiger partial charge on any atom is -0.381 e. The number of hydrogen-bond acceptors (Lipinski definition) is 5. The second-order valence-electron chi connectivity index (χ2n) is 9.12. The number of ether oxygens (including phenoxy) is 1. The quantitative estimate of drug-likeness (QED) is 0.613. The summed E-state index contributed by atoms with van der Waals surface area (Å²) in [5.74, 6) is -0.955. The molecule has 3 aromatic rings. The third-order valence-electron chi connectivity index (χ3n) is 6.62. The molecule has 1 N–H and O–H groups in total. The van der Waals surface area contributed by atoms with Crippen LogP contribution in [-0.4, -0.2) is 63.3 Å². The van der Waals surface area contributed by atoms with Gasteiger partial charge in [0, 0.05) is 38.3 Å². The van der Waals surface area contributed by atoms with E-state index in [2.05, 4.69) is 5.32 Å². The van der Waals surface area contributed by atoms with Crippen LogP contribution in [0.5, 0.6) is 0 Å². The molecule has 34 heavy (non-hydrogen) atoms. The number of piperazine rings is 1. The Balaban J connectivity index is 1.62. The molecule has 178 valence electrons. The number of pyridine rings is 1. The van der Waals surface area contributed by atoms with Gasteiger partial charge in [0.05, 0.1) is 21.9 Å². The summed E-state index contributed by atoms with van der Waals surface area (Å²) < 4.78 is 21.4. The van der Waals surface area contributed by atoms with E-state index in [0.717, 1.165) is 18.5 Å². The molecule has 4 heterocycles. The van der Waals surface area contributed by atoms with Gasteiger partial charge in [-0.05, 0) is 51.0 Å². The van der Waals surface area contributed by atoms with E-state index < -0.39 is 11.4 Å². The molecule has 2 aromatic heterocycles. The first-order chi connectivity index (χ1) is 16.3. The van der Waals surface area contributed by atoms with Gasteiger partial charge in [0.1, 0.15) is 22.6 Å². The number of halogens is 2. The Kier molecular flexibility index (Phi) is 5.77. The van der Waals surface area contributed by atoms with Crippen LogP contribution in [0.25, 0.3) is 16.7 Å². The molecule has 2 aliphatic rings. The number of nitrogens with one attached hydrogen (secondary N) is 1. The van der Waals surface area contributed by atoms with Gasteiger partial charge in [0.2, 0.25) is 5.91 Å². The van der Waals surface area contributed by atoms with E-state index in [-0.39, 0.29) is 28.4 Å². The molecule has 0 bridgehead atoms. The summed E-state index contributed by atoms with van der Waals surface area (Å²) in [5, 5.41) is 7.64. The minimum atomic E-state index is -0.986. The largest absolute Gasteiger partial charge is 0.381 e. The summed E-state index contributed by atoms with van der Waals surface area (Å²) in [5.41, 5.74) is 1.77. The molecule has 2 amide bonds. The van der Waals surface area contributed by atoms with Gasteiger partial charge in [-0.25, -0.2) is 14.1 Å². The van der Waals surface area contributed by atoms with Crippen molar-refractivity contribution in [3.63, 3.8) is 0 Å². The Hall–Kier alpha value is -3.04. The van der Waals surface area contributed by atoms with E-state index in [0.29, 0.717) is 43.0 Å². The van der Waals surface area contributed by atoms with E-state index in [1.165, 1.54) is 12.1 Å². The maximum atomic E-state index is 14.2. The van der Waals surface area contributed by atoms with Crippen molar-refractivity contribution >= 4 is 34.4 Å². The predicted octanol–water partition coefficient (Wildman–Crippen LogP) is 3.46. The monoisotopic (exact) mass is 485 g/mol. The number of hydrogen-bond donors (Lipinski definition) is 1. The highest BCUT2D eigenvalue weighted by molar-refractivity contribution is 6.30. The maximum absolute atomic E-state index is 14.2. The van der Waals surface area contributed by atoms with Gasteiger partial charge in [-0.2, -0.15) is 5.10 Å². The summed E-state index contributed by atoms with van der Waals surface area (Å²) in [6, 6.07) is 7.92. The van der Waals surface area contributed by atoms with Gasteiger partial charge < -0.3 is 15.0 Å². The fourth-order valence-corrected chi connectivity index (χ4v) is 4.71. The maximum Gasteiger partial charge on any atom is 0.273 e. The third kappa shape index (κ3) is 3.82. The van der Waals surface area contributed by atoms with Crippen LogP contribution in [0.2, 0.25) is 5.02 Å². The second kappa shape index (κ2) is 8.63. The van der Waals surface area contributed by atoms with Crippen molar-refractivity contribution in [3.05, 3.63) is 52.6 Å². The molecule has 0 radical (unpaired) electrons. The summed E-state index contributed by atoms with van der Waals surface area (Å²) in [7, 11) is 0. The molecule has 8 nitrogen and oxygen atoms in total. The Morgan fingerprint density at radius 3 is 2.74 bits per heavy atom. The average Bonchev–Trinajstić information content (AvgIpc) is 3.21. The number of carbonyl (C=O) groups excluding carboxylic acids is 2. The van der Waals surface area contributed by atoms with Gasteiger partial charge in [-0.3, -0.25) is 9.59 Å². The van der Waals surface area contributed by atoms with Crippen molar-refractivity contribution in [1.82, 2.24) is 25.0 Å². The lowest BCUT2D eigenvalue weighted by atomic mass is 9.95. The van der Waals surface area contributed by atoms with Crippen molar-refractivity contribution in [3.8, 4) is 5.69 Å². The summed E-state index contributed by atoms with van der Waals surface area (Å²) in [6.07, 6.45) is 1.56. The molecule has 2 fully saturated rings. The van der Waals surface area contributed by atoms with Crippen LogP contribution < -0.4 is 5.32 Å². The normalized spacial score (nSPS) is 18.8. The molecule has 0 unspecified atom stereocenters. The Labute approximate surface area is 201 Å². The van der Waals surface area contributed by atoms with Crippen LogP contribution in [0, 0.1) is 5.82 Å². The van der Waals surface area contributed by atoms with E-state index >= 15 is 0 Å². The molecule has 2 saturated heterocycles. The van der Waals surface area contributed by atoms with Gasteiger partial charge in [0.15, 0.2) is 0 Å². The van der Waals surface area contributed by atoms with Crippen molar-refractivity contribution in [2.45, 2.75) is 38.1 Å². The smallest absolute Gasteiger partial charge is 0.273 e. The summed E-state index contributed by atoms with van der Waals surface area (Å²) >= 11 is 5.87. The Morgan fingerprint density at radius 1 is 1.24 bits per heavy atom. The highest BCUT2D eigenvalue weighted by atomic mass is 35.5. The Bertz CT molecular complexity index is 1290. The number of carbonyl (C=O) groups is 2. The van der Waals surface area contributed by atoms with Crippen LogP contribution in [-0.2, 0) is 9.53 Å². The number of aromatic nitrogens is 3. The molecule has 0 aliphatic carbocycles. The SMILES string of the molecule is CC1(C)C(=O)NCCN1C(=O)c1ccc2c(n1)c(C1CCOCC1)nn2-c1ccc(Cl)c(F)c1. The topological polar surface area (TPSA) is 89.3 Å². The molecule has 0 atom stereocenters. The highest BCUT2D eigenvalue weighted by Gasteiger charge is 2.41. The zero-order chi connectivity index (χ0) is 24.0. The van der Waals surface area contributed by atoms with Gasteiger partial charge in [-0.15, -0.1) is 0 Å². The van der Waals surface area contributed by atoms with Crippen molar-refractivity contribution in [1.29, 1.82) is 0 Å². The summed E-state index contributed by atoms with van der Waals surface area (Å²) in [6.45, 7) is 5.46. The molecule has 5 rings (SSSR count). The van der Waals surface area contributed by atoms with Crippen LogP contribution >= 0.6 is 11.6 Å². The molecular weight excluding hydrogens is 461 g/mol.